The topological polar surface area (TPSA) is 40.6 Å². The second-order valence-electron chi connectivity index (χ2n) is 6.26. The minimum absolute atomic E-state index is 0.0142. The van der Waals surface area contributed by atoms with Gasteiger partial charge in [0.2, 0.25) is 5.91 Å². The first-order chi connectivity index (χ1) is 12.0. The molecular weight excluding hydrogens is 312 g/mol. The molecule has 2 rings (SSSR count). The molecule has 4 nitrogen and oxygen atoms in total. The Balaban J connectivity index is 1.91. The molecule has 0 saturated carbocycles. The Labute approximate surface area is 150 Å². The summed E-state index contributed by atoms with van der Waals surface area (Å²) in [7, 11) is 4.00. The number of carbonyl (C=O) groups excluding carboxylic acids is 2. The highest BCUT2D eigenvalue weighted by Crippen LogP contribution is 2.15. The van der Waals surface area contributed by atoms with Crippen LogP contribution in [0.1, 0.15) is 35.7 Å². The van der Waals surface area contributed by atoms with Crippen LogP contribution in [-0.4, -0.2) is 37.2 Å². The van der Waals surface area contributed by atoms with Crippen molar-refractivity contribution in [3.8, 4) is 0 Å². The van der Waals surface area contributed by atoms with E-state index in [1.165, 1.54) is 0 Å². The lowest BCUT2D eigenvalue weighted by atomic mass is 10.1. The Morgan fingerprint density at radius 1 is 0.880 bits per heavy atom. The number of rotatable bonds is 8. The third kappa shape index (κ3) is 5.45. The lowest BCUT2D eigenvalue weighted by Crippen LogP contribution is -2.30. The zero-order valence-corrected chi connectivity index (χ0v) is 15.2. The number of ketones is 1. The molecule has 0 aromatic heterocycles. The van der Waals surface area contributed by atoms with Crippen molar-refractivity contribution in [1.29, 1.82) is 0 Å². The maximum Gasteiger partial charge on any atom is 0.223 e. The molecule has 0 N–H and O–H groups in total. The fourth-order valence-electron chi connectivity index (χ4n) is 2.64. The lowest BCUT2D eigenvalue weighted by Gasteiger charge is -2.21. The summed E-state index contributed by atoms with van der Waals surface area (Å²) in [5.74, 6) is 0.0313. The van der Waals surface area contributed by atoms with Crippen LogP contribution in [0.4, 0.5) is 5.69 Å². The van der Waals surface area contributed by atoms with E-state index in [4.69, 9.17) is 0 Å². The Morgan fingerprint density at radius 3 is 2.08 bits per heavy atom. The fraction of sp³-hybridized carbons (Fsp3) is 0.333. The van der Waals surface area contributed by atoms with Gasteiger partial charge in [0, 0.05) is 51.3 Å². The first-order valence-corrected chi connectivity index (χ1v) is 8.63. The van der Waals surface area contributed by atoms with Crippen molar-refractivity contribution in [3.63, 3.8) is 0 Å². The number of anilines is 1. The summed E-state index contributed by atoms with van der Waals surface area (Å²) in [5.41, 5.74) is 2.89. The number of carbonyl (C=O) groups is 2. The smallest absolute Gasteiger partial charge is 0.223 e. The van der Waals surface area contributed by atoms with Gasteiger partial charge in [-0.25, -0.2) is 0 Å². The molecule has 0 unspecified atom stereocenters. The van der Waals surface area contributed by atoms with Gasteiger partial charge < -0.3 is 9.80 Å². The number of hydrogen-bond donors (Lipinski definition) is 0. The third-order valence-corrected chi connectivity index (χ3v) is 4.22. The molecule has 2 aromatic rings. The highest BCUT2D eigenvalue weighted by Gasteiger charge is 2.15. The standard InChI is InChI=1S/C21H26N2O2/c1-4-23(16-17-10-12-19(13-11-17)22(2)3)21(25)15-14-20(24)18-8-6-5-7-9-18/h5-13H,4,14-16H2,1-3H3. The minimum atomic E-state index is 0.0142. The van der Waals surface area contributed by atoms with E-state index in [1.54, 1.807) is 17.0 Å². The Morgan fingerprint density at radius 2 is 1.52 bits per heavy atom. The molecule has 0 aliphatic heterocycles. The maximum atomic E-state index is 12.5. The van der Waals surface area contributed by atoms with Crippen molar-refractivity contribution in [1.82, 2.24) is 4.90 Å². The SMILES string of the molecule is CCN(Cc1ccc(N(C)C)cc1)C(=O)CCC(=O)c1ccccc1. The summed E-state index contributed by atoms with van der Waals surface area (Å²) < 4.78 is 0. The minimum Gasteiger partial charge on any atom is -0.378 e. The van der Waals surface area contributed by atoms with Gasteiger partial charge in [-0.3, -0.25) is 9.59 Å². The van der Waals surface area contributed by atoms with Crippen LogP contribution in [0.3, 0.4) is 0 Å². The average molecular weight is 338 g/mol. The van der Waals surface area contributed by atoms with Gasteiger partial charge in [-0.2, -0.15) is 0 Å². The van der Waals surface area contributed by atoms with Gasteiger partial charge in [0.05, 0.1) is 0 Å². The van der Waals surface area contributed by atoms with Crippen LogP contribution in [-0.2, 0) is 11.3 Å². The van der Waals surface area contributed by atoms with Crippen LogP contribution in [0.2, 0.25) is 0 Å². The molecule has 4 heteroatoms. The second kappa shape index (κ2) is 9.02. The summed E-state index contributed by atoms with van der Waals surface area (Å²) >= 11 is 0. The highest BCUT2D eigenvalue weighted by molar-refractivity contribution is 5.97. The number of benzene rings is 2. The molecule has 0 saturated heterocycles. The molecular formula is C21H26N2O2. The molecule has 0 fully saturated rings. The molecule has 132 valence electrons. The average Bonchev–Trinajstić information content (AvgIpc) is 2.64. The number of amides is 1. The fourth-order valence-corrected chi connectivity index (χ4v) is 2.64. The van der Waals surface area contributed by atoms with Crippen LogP contribution in [0, 0.1) is 0 Å². The van der Waals surface area contributed by atoms with Crippen LogP contribution < -0.4 is 4.90 Å². The van der Waals surface area contributed by atoms with Gasteiger partial charge in [0.15, 0.2) is 5.78 Å². The molecule has 0 radical (unpaired) electrons. The van der Waals surface area contributed by atoms with E-state index in [-0.39, 0.29) is 24.5 Å². The zero-order chi connectivity index (χ0) is 18.2. The molecule has 0 aliphatic rings. The maximum absolute atomic E-state index is 12.5. The molecule has 0 aliphatic carbocycles. The van der Waals surface area contributed by atoms with E-state index in [0.717, 1.165) is 11.3 Å². The molecule has 2 aromatic carbocycles. The van der Waals surface area contributed by atoms with Crippen LogP contribution in [0.25, 0.3) is 0 Å². The molecule has 0 atom stereocenters. The zero-order valence-electron chi connectivity index (χ0n) is 15.2. The molecule has 0 spiro atoms. The molecule has 1 amide bonds. The predicted octanol–water partition coefficient (Wildman–Crippen LogP) is 3.76. The van der Waals surface area contributed by atoms with Crippen LogP contribution >= 0.6 is 0 Å². The van der Waals surface area contributed by atoms with Crippen molar-refractivity contribution in [2.45, 2.75) is 26.3 Å². The summed E-state index contributed by atoms with van der Waals surface area (Å²) in [5, 5.41) is 0. The van der Waals surface area contributed by atoms with Gasteiger partial charge in [0.1, 0.15) is 0 Å². The molecule has 0 bridgehead atoms. The van der Waals surface area contributed by atoms with Crippen molar-refractivity contribution in [2.75, 3.05) is 25.5 Å². The monoisotopic (exact) mass is 338 g/mol. The van der Waals surface area contributed by atoms with Crippen molar-refractivity contribution in [2.24, 2.45) is 0 Å². The summed E-state index contributed by atoms with van der Waals surface area (Å²) in [6.07, 6.45) is 0.496. The quantitative estimate of drug-likeness (QED) is 0.688. The van der Waals surface area contributed by atoms with E-state index in [9.17, 15) is 9.59 Å². The highest BCUT2D eigenvalue weighted by atomic mass is 16.2. The first kappa shape index (κ1) is 18.7. The summed E-state index contributed by atoms with van der Waals surface area (Å²) in [6, 6.07) is 17.3. The Bertz CT molecular complexity index is 694. The molecule has 25 heavy (non-hydrogen) atoms. The third-order valence-electron chi connectivity index (χ3n) is 4.22. The van der Waals surface area contributed by atoms with Gasteiger partial charge >= 0.3 is 0 Å². The molecule has 0 heterocycles. The van der Waals surface area contributed by atoms with Gasteiger partial charge in [-0.1, -0.05) is 42.5 Å². The number of Topliss-reactive ketones (excluding diaryl/α,β-unsaturated/α-hetero) is 1. The Kier molecular flexibility index (Phi) is 6.75. The van der Waals surface area contributed by atoms with Gasteiger partial charge in [0.25, 0.3) is 0 Å². The Hall–Kier alpha value is -2.62. The van der Waals surface area contributed by atoms with E-state index in [0.29, 0.717) is 18.7 Å². The predicted molar refractivity (Wildman–Crippen MR) is 102 cm³/mol. The van der Waals surface area contributed by atoms with Crippen molar-refractivity contribution in [3.05, 3.63) is 65.7 Å². The largest absolute Gasteiger partial charge is 0.378 e. The van der Waals surface area contributed by atoms with E-state index in [1.807, 2.05) is 68.4 Å². The van der Waals surface area contributed by atoms with Crippen LogP contribution in [0.15, 0.2) is 54.6 Å². The van der Waals surface area contributed by atoms with E-state index < -0.39 is 0 Å². The van der Waals surface area contributed by atoms with Crippen LogP contribution in [0.5, 0.6) is 0 Å². The second-order valence-corrected chi connectivity index (χ2v) is 6.26. The van der Waals surface area contributed by atoms with Gasteiger partial charge in [-0.15, -0.1) is 0 Å². The van der Waals surface area contributed by atoms with E-state index >= 15 is 0 Å². The lowest BCUT2D eigenvalue weighted by molar-refractivity contribution is -0.131. The number of hydrogen-bond acceptors (Lipinski definition) is 3. The number of nitrogens with zero attached hydrogens (tertiary/aromatic N) is 2. The van der Waals surface area contributed by atoms with E-state index in [2.05, 4.69) is 0 Å². The van der Waals surface area contributed by atoms with Gasteiger partial charge in [-0.05, 0) is 24.6 Å². The summed E-state index contributed by atoms with van der Waals surface area (Å²) in [4.78, 5) is 28.4. The summed E-state index contributed by atoms with van der Waals surface area (Å²) in [6.45, 7) is 3.17. The van der Waals surface area contributed by atoms with Crippen molar-refractivity contribution >= 4 is 17.4 Å². The first-order valence-electron chi connectivity index (χ1n) is 8.63. The normalized spacial score (nSPS) is 10.4. The van der Waals surface area contributed by atoms with Crippen molar-refractivity contribution < 1.29 is 9.59 Å².